The van der Waals surface area contributed by atoms with Gasteiger partial charge in [-0.1, -0.05) is 202 Å². The number of nitrogens with one attached hydrogen (secondary N) is 2. The number of ether oxygens (including phenoxy) is 4. The third kappa shape index (κ3) is 31.9. The quantitative estimate of drug-likeness (QED) is 0.0372. The molecule has 1 aliphatic carbocycles. The molecule has 4 N–H and O–H groups in total. The van der Waals surface area contributed by atoms with E-state index < -0.39 is 18.1 Å². The highest BCUT2D eigenvalue weighted by Crippen LogP contribution is 2.46. The van der Waals surface area contributed by atoms with Gasteiger partial charge in [0.25, 0.3) is 11.8 Å². The van der Waals surface area contributed by atoms with E-state index in [4.69, 9.17) is 24.7 Å². The van der Waals surface area contributed by atoms with Gasteiger partial charge in [0.05, 0.1) is 13.5 Å². The van der Waals surface area contributed by atoms with E-state index in [1.807, 2.05) is 0 Å². The van der Waals surface area contributed by atoms with Crippen molar-refractivity contribution in [2.75, 3.05) is 59.7 Å². The molecule has 12 heteroatoms. The maximum atomic E-state index is 13.8. The first-order chi connectivity index (χ1) is 40.8. The highest BCUT2D eigenvalue weighted by molar-refractivity contribution is 5.94. The molecule has 3 aromatic rings. The molecule has 0 bridgehead atoms. The van der Waals surface area contributed by atoms with E-state index in [1.54, 1.807) is 36.3 Å². The average molecular weight is 1150 g/mol. The zero-order chi connectivity index (χ0) is 59.1. The Morgan fingerprint density at radius 1 is 0.518 bits per heavy atom. The summed E-state index contributed by atoms with van der Waals surface area (Å²) in [6.07, 6.45) is 45.5. The third-order valence-corrected chi connectivity index (χ3v) is 16.0. The second-order valence-electron chi connectivity index (χ2n) is 22.8. The van der Waals surface area contributed by atoms with Gasteiger partial charge in [0, 0.05) is 64.1 Å². The highest BCUT2D eigenvalue weighted by Gasteiger charge is 2.29. The predicted molar refractivity (Wildman–Crippen MR) is 341 cm³/mol. The van der Waals surface area contributed by atoms with Crippen LogP contribution in [0.5, 0.6) is 5.75 Å². The largest absolute Gasteiger partial charge is 0.497 e. The molecule has 1 aliphatic rings. The Labute approximate surface area is 502 Å². The van der Waals surface area contributed by atoms with E-state index in [-0.39, 0.29) is 31.3 Å². The van der Waals surface area contributed by atoms with Crippen molar-refractivity contribution in [3.63, 3.8) is 0 Å². The van der Waals surface area contributed by atoms with Gasteiger partial charge in [0.2, 0.25) is 5.91 Å². The summed E-state index contributed by atoms with van der Waals surface area (Å²) in [5.74, 6) is -0.121. The number of allylic oxidation sites excluding steroid dienone is 4. The molecule has 0 fully saturated rings. The standard InChI is InChI=1S/C71H110N4O8/c1-3-4-5-6-7-8-9-10-11-16-19-22-25-28-31-38-55-81-57-40-53-75(68(76)59-67(83-71(72)79)70(78)74-52-51-73-69(77)60-47-49-61(80-2)50-48-60)54-41-58-82-56-39-32-29-26-23-20-17-14-12-13-15-18-21-24-27-30-33-42-62-63-43-34-36-45-65(63)66-46-37-35-44-64(62)66/h10-12,14,34-37,43-50,62,67H,3-9,13,15-33,38-42,51-59H2,1-2H3,(H2,72,79)(H,73,77)(H,74,78)/t67-/m1/s1. The van der Waals surface area contributed by atoms with Crippen molar-refractivity contribution in [1.29, 1.82) is 0 Å². The smallest absolute Gasteiger partial charge is 0.405 e. The van der Waals surface area contributed by atoms with Gasteiger partial charge in [0.15, 0.2) is 6.10 Å². The number of amides is 4. The number of hydrogen-bond donors (Lipinski definition) is 3. The first kappa shape index (κ1) is 70.0. The Bertz CT molecular complexity index is 2190. The van der Waals surface area contributed by atoms with E-state index in [0.29, 0.717) is 69.6 Å². The molecule has 1 atom stereocenters. The third-order valence-electron chi connectivity index (χ3n) is 16.0. The van der Waals surface area contributed by atoms with Gasteiger partial charge in [-0.2, -0.15) is 0 Å². The lowest BCUT2D eigenvalue weighted by Crippen LogP contribution is -2.45. The maximum absolute atomic E-state index is 13.8. The van der Waals surface area contributed by atoms with Gasteiger partial charge in [-0.15, -0.1) is 0 Å². The predicted octanol–water partition coefficient (Wildman–Crippen LogP) is 16.7. The first-order valence-electron chi connectivity index (χ1n) is 32.9. The average Bonchev–Trinajstić information content (AvgIpc) is 4.07. The summed E-state index contributed by atoms with van der Waals surface area (Å²) < 4.78 is 22.3. The summed E-state index contributed by atoms with van der Waals surface area (Å²) >= 11 is 0. The number of carbonyl (C=O) groups is 4. The van der Waals surface area contributed by atoms with Crippen molar-refractivity contribution < 1.29 is 38.1 Å². The van der Waals surface area contributed by atoms with Crippen LogP contribution in [0.1, 0.15) is 246 Å². The number of nitrogens with two attached hydrogens (primary N) is 1. The molecule has 0 heterocycles. The van der Waals surface area contributed by atoms with Crippen LogP contribution >= 0.6 is 0 Å². The molecule has 0 unspecified atom stereocenters. The van der Waals surface area contributed by atoms with Crippen LogP contribution < -0.4 is 21.1 Å². The van der Waals surface area contributed by atoms with Gasteiger partial charge >= 0.3 is 6.09 Å². The van der Waals surface area contributed by atoms with Crippen molar-refractivity contribution >= 4 is 23.8 Å². The van der Waals surface area contributed by atoms with Gasteiger partial charge in [-0.25, -0.2) is 4.79 Å². The summed E-state index contributed by atoms with van der Waals surface area (Å²) in [7, 11) is 1.55. The molecule has 12 nitrogen and oxygen atoms in total. The number of rotatable bonds is 52. The van der Waals surface area contributed by atoms with E-state index in [2.05, 4.69) is 90.4 Å². The summed E-state index contributed by atoms with van der Waals surface area (Å²) in [5.41, 5.74) is 11.7. The number of hydrogen-bond acceptors (Lipinski definition) is 8. The molecule has 0 aromatic heterocycles. The number of benzene rings is 3. The lowest BCUT2D eigenvalue weighted by atomic mass is 9.91. The number of unbranched alkanes of at least 4 members (excludes halogenated alkanes) is 25. The normalized spacial score (nSPS) is 12.4. The fourth-order valence-electron chi connectivity index (χ4n) is 11.1. The lowest BCUT2D eigenvalue weighted by molar-refractivity contribution is -0.139. The van der Waals surface area contributed by atoms with E-state index in [9.17, 15) is 19.2 Å². The van der Waals surface area contributed by atoms with Crippen LogP contribution in [-0.4, -0.2) is 94.5 Å². The zero-order valence-electron chi connectivity index (χ0n) is 51.7. The summed E-state index contributed by atoms with van der Waals surface area (Å²) in [4.78, 5) is 53.1. The molecule has 0 aliphatic heterocycles. The van der Waals surface area contributed by atoms with Crippen molar-refractivity contribution in [2.24, 2.45) is 5.73 Å². The summed E-state index contributed by atoms with van der Waals surface area (Å²) in [6.45, 7) is 5.69. The van der Waals surface area contributed by atoms with Crippen LogP contribution in [0.4, 0.5) is 4.79 Å². The minimum atomic E-state index is -1.42. The maximum Gasteiger partial charge on any atom is 0.405 e. The van der Waals surface area contributed by atoms with E-state index >= 15 is 0 Å². The first-order valence-corrected chi connectivity index (χ1v) is 32.9. The molecule has 0 radical (unpaired) electrons. The molecule has 3 aromatic carbocycles. The van der Waals surface area contributed by atoms with Crippen LogP contribution in [0.2, 0.25) is 0 Å². The van der Waals surface area contributed by atoms with E-state index in [0.717, 1.165) is 25.7 Å². The molecule has 0 saturated heterocycles. The van der Waals surface area contributed by atoms with Gasteiger partial charge in [-0.3, -0.25) is 14.4 Å². The van der Waals surface area contributed by atoms with Crippen LogP contribution in [0.15, 0.2) is 97.1 Å². The summed E-state index contributed by atoms with van der Waals surface area (Å²) in [6, 6.07) is 24.6. The van der Waals surface area contributed by atoms with Gasteiger partial charge in [0.1, 0.15) is 5.75 Å². The van der Waals surface area contributed by atoms with Crippen LogP contribution in [0.3, 0.4) is 0 Å². The van der Waals surface area contributed by atoms with Crippen molar-refractivity contribution in [2.45, 2.75) is 231 Å². The van der Waals surface area contributed by atoms with Crippen molar-refractivity contribution in [3.05, 3.63) is 114 Å². The number of carbonyl (C=O) groups excluding carboxylic acids is 4. The molecule has 0 saturated carbocycles. The van der Waals surface area contributed by atoms with Gasteiger partial charge < -0.3 is 40.2 Å². The van der Waals surface area contributed by atoms with Crippen LogP contribution in [0, 0.1) is 0 Å². The molecular formula is C71H110N4O8. The Morgan fingerprint density at radius 3 is 1.41 bits per heavy atom. The Kier molecular flexibility index (Phi) is 39.5. The second kappa shape index (κ2) is 46.9. The van der Waals surface area contributed by atoms with Gasteiger partial charge in [-0.05, 0) is 130 Å². The molecule has 462 valence electrons. The Morgan fingerprint density at radius 2 is 0.940 bits per heavy atom. The second-order valence-corrected chi connectivity index (χ2v) is 22.8. The number of nitrogens with zero attached hydrogens (tertiary/aromatic N) is 1. The topological polar surface area (TPSA) is 159 Å². The molecular weight excluding hydrogens is 1040 g/mol. The van der Waals surface area contributed by atoms with Crippen molar-refractivity contribution in [1.82, 2.24) is 15.5 Å². The Hall–Kier alpha value is -5.46. The number of methoxy groups -OCH3 is 1. The molecule has 83 heavy (non-hydrogen) atoms. The fourth-order valence-corrected chi connectivity index (χ4v) is 11.1. The fraction of sp³-hybridized carbons (Fsp3) is 0.634. The highest BCUT2D eigenvalue weighted by atomic mass is 16.6. The molecule has 0 spiro atoms. The SMILES string of the molecule is CCCCCCCCC=CCCCCCCCCOCCCN(CCCOCCCCCCCCC=CCCCCCCCCCC1c2ccccc2-c2ccccc21)C(=O)C[C@@H](OC(N)=O)C(=O)NCCNC(=O)c1ccc(OC)cc1. The molecule has 4 amide bonds. The minimum Gasteiger partial charge on any atom is -0.497 e. The minimum absolute atomic E-state index is 0.0522. The number of primary amides is 1. The number of fused-ring (bicyclic) bond motifs is 3. The monoisotopic (exact) mass is 1150 g/mol. The van der Waals surface area contributed by atoms with E-state index in [1.165, 1.54) is 189 Å². The zero-order valence-corrected chi connectivity index (χ0v) is 51.7. The van der Waals surface area contributed by atoms with Crippen molar-refractivity contribution in [3.8, 4) is 16.9 Å². The lowest BCUT2D eigenvalue weighted by Gasteiger charge is -2.25. The summed E-state index contributed by atoms with van der Waals surface area (Å²) in [5, 5.41) is 5.41. The Balaban J connectivity index is 1.02. The van der Waals surface area contributed by atoms with Crippen LogP contribution in [0.25, 0.3) is 11.1 Å². The van der Waals surface area contributed by atoms with Crippen LogP contribution in [-0.2, 0) is 23.8 Å². The molecule has 4 rings (SSSR count).